The fourth-order valence-electron chi connectivity index (χ4n) is 2.30. The topological polar surface area (TPSA) is 52.8 Å². The molecule has 5 nitrogen and oxygen atoms in total. The van der Waals surface area contributed by atoms with Crippen molar-refractivity contribution in [3.05, 3.63) is 53.0 Å². The fraction of sp³-hybridized carbons (Fsp3) is 0.312. The van der Waals surface area contributed by atoms with Crippen molar-refractivity contribution < 1.29 is 4.74 Å². The first-order valence-corrected chi connectivity index (χ1v) is 8.08. The van der Waals surface area contributed by atoms with Crippen LogP contribution in [0.4, 0.5) is 0 Å². The standard InChI is InChI=1S/C16H18N4OS/c1-3-15-18-9-12(10-19-15)16-17-6-7-20(16)11-13(21-2)14-5-4-8-22-14/h4-10,13H,3,11H2,1-2H3. The van der Waals surface area contributed by atoms with E-state index in [2.05, 4.69) is 31.0 Å². The van der Waals surface area contributed by atoms with Crippen LogP contribution < -0.4 is 0 Å². The molecule has 114 valence electrons. The summed E-state index contributed by atoms with van der Waals surface area (Å²) in [6, 6.07) is 4.13. The highest BCUT2D eigenvalue weighted by molar-refractivity contribution is 7.10. The molecule has 0 aromatic carbocycles. The largest absolute Gasteiger partial charge is 0.374 e. The first-order chi connectivity index (χ1) is 10.8. The number of methoxy groups -OCH3 is 1. The highest BCUT2D eigenvalue weighted by Gasteiger charge is 2.15. The first kappa shape index (κ1) is 14.9. The van der Waals surface area contributed by atoms with E-state index in [1.54, 1.807) is 24.6 Å². The minimum atomic E-state index is 0.0174. The van der Waals surface area contributed by atoms with Crippen LogP contribution in [0.3, 0.4) is 0 Å². The van der Waals surface area contributed by atoms with Gasteiger partial charge in [-0.1, -0.05) is 13.0 Å². The number of thiophene rings is 1. The van der Waals surface area contributed by atoms with E-state index in [9.17, 15) is 0 Å². The molecule has 0 saturated carbocycles. The summed E-state index contributed by atoms with van der Waals surface area (Å²) in [6.07, 6.45) is 8.27. The van der Waals surface area contributed by atoms with Crippen LogP contribution in [-0.2, 0) is 17.7 Å². The van der Waals surface area contributed by atoms with Crippen LogP contribution in [-0.4, -0.2) is 26.6 Å². The zero-order valence-electron chi connectivity index (χ0n) is 12.6. The van der Waals surface area contributed by atoms with Gasteiger partial charge in [0.05, 0.1) is 12.1 Å². The van der Waals surface area contributed by atoms with Crippen molar-refractivity contribution in [2.45, 2.75) is 26.0 Å². The normalized spacial score (nSPS) is 12.5. The molecule has 6 heteroatoms. The Labute approximate surface area is 133 Å². The molecular formula is C16H18N4OS. The molecule has 0 radical (unpaired) electrons. The third-order valence-electron chi connectivity index (χ3n) is 3.50. The summed E-state index contributed by atoms with van der Waals surface area (Å²) in [5.41, 5.74) is 0.920. The molecule has 1 unspecified atom stereocenters. The molecule has 3 heterocycles. The van der Waals surface area contributed by atoms with Crippen LogP contribution in [0.25, 0.3) is 11.4 Å². The Balaban J connectivity index is 1.85. The lowest BCUT2D eigenvalue weighted by molar-refractivity contribution is 0.0911. The Morgan fingerprint density at radius 1 is 1.27 bits per heavy atom. The summed E-state index contributed by atoms with van der Waals surface area (Å²) in [6.45, 7) is 2.75. The van der Waals surface area contributed by atoms with Gasteiger partial charge in [-0.05, 0) is 11.4 Å². The fourth-order valence-corrected chi connectivity index (χ4v) is 3.10. The summed E-state index contributed by atoms with van der Waals surface area (Å²) < 4.78 is 7.71. The molecule has 0 fully saturated rings. The van der Waals surface area contributed by atoms with Gasteiger partial charge in [-0.3, -0.25) is 0 Å². The van der Waals surface area contributed by atoms with Crippen molar-refractivity contribution in [2.24, 2.45) is 0 Å². The van der Waals surface area contributed by atoms with Gasteiger partial charge in [0.15, 0.2) is 0 Å². The van der Waals surface area contributed by atoms with E-state index in [0.29, 0.717) is 6.54 Å². The van der Waals surface area contributed by atoms with Gasteiger partial charge in [0.2, 0.25) is 0 Å². The lowest BCUT2D eigenvalue weighted by atomic mass is 10.2. The molecule has 0 bridgehead atoms. The minimum absolute atomic E-state index is 0.0174. The average molecular weight is 314 g/mol. The van der Waals surface area contributed by atoms with E-state index in [-0.39, 0.29) is 6.10 Å². The highest BCUT2D eigenvalue weighted by Crippen LogP contribution is 2.25. The van der Waals surface area contributed by atoms with Crippen molar-refractivity contribution in [1.29, 1.82) is 0 Å². The third kappa shape index (κ3) is 3.08. The van der Waals surface area contributed by atoms with Gasteiger partial charge >= 0.3 is 0 Å². The first-order valence-electron chi connectivity index (χ1n) is 7.20. The van der Waals surface area contributed by atoms with Gasteiger partial charge in [-0.25, -0.2) is 15.0 Å². The molecule has 0 aliphatic heterocycles. The van der Waals surface area contributed by atoms with Crippen LogP contribution in [0.1, 0.15) is 23.7 Å². The lowest BCUT2D eigenvalue weighted by Gasteiger charge is -2.16. The van der Waals surface area contributed by atoms with E-state index in [1.165, 1.54) is 4.88 Å². The van der Waals surface area contributed by atoms with Crippen LogP contribution in [0, 0.1) is 0 Å². The molecule has 3 aromatic rings. The Hall–Kier alpha value is -2.05. The Bertz CT molecular complexity index is 706. The lowest BCUT2D eigenvalue weighted by Crippen LogP contribution is -2.10. The van der Waals surface area contributed by atoms with Crippen molar-refractivity contribution in [2.75, 3.05) is 7.11 Å². The molecule has 1 atom stereocenters. The SMILES string of the molecule is CCc1ncc(-c2nccn2CC(OC)c2cccs2)cn1. The predicted octanol–water partition coefficient (Wildman–Crippen LogP) is 3.35. The molecule has 0 saturated heterocycles. The number of aryl methyl sites for hydroxylation is 1. The van der Waals surface area contributed by atoms with Crippen LogP contribution in [0.5, 0.6) is 0 Å². The second-order valence-electron chi connectivity index (χ2n) is 4.88. The molecular weight excluding hydrogens is 296 g/mol. The van der Waals surface area contributed by atoms with Crippen LogP contribution >= 0.6 is 11.3 Å². The summed E-state index contributed by atoms with van der Waals surface area (Å²) in [7, 11) is 1.74. The number of rotatable bonds is 6. The number of aromatic nitrogens is 4. The monoisotopic (exact) mass is 314 g/mol. The second-order valence-corrected chi connectivity index (χ2v) is 5.86. The molecule has 0 aliphatic carbocycles. The van der Waals surface area contributed by atoms with E-state index in [0.717, 1.165) is 23.6 Å². The second kappa shape index (κ2) is 6.81. The Morgan fingerprint density at radius 3 is 2.73 bits per heavy atom. The van der Waals surface area contributed by atoms with Crippen molar-refractivity contribution in [3.8, 4) is 11.4 Å². The number of hydrogen-bond acceptors (Lipinski definition) is 5. The maximum atomic E-state index is 5.63. The van der Waals surface area contributed by atoms with Crippen molar-refractivity contribution >= 4 is 11.3 Å². The summed E-state index contributed by atoms with van der Waals surface area (Å²) >= 11 is 1.70. The number of imidazole rings is 1. The molecule has 3 rings (SSSR count). The minimum Gasteiger partial charge on any atom is -0.374 e. The molecule has 0 N–H and O–H groups in total. The van der Waals surface area contributed by atoms with Crippen LogP contribution in [0.15, 0.2) is 42.3 Å². The number of ether oxygens (including phenoxy) is 1. The highest BCUT2D eigenvalue weighted by atomic mass is 32.1. The third-order valence-corrected chi connectivity index (χ3v) is 4.47. The maximum Gasteiger partial charge on any atom is 0.143 e. The Kier molecular flexibility index (Phi) is 4.60. The van der Waals surface area contributed by atoms with E-state index >= 15 is 0 Å². The summed E-state index contributed by atoms with van der Waals surface area (Å²) in [4.78, 5) is 14.3. The molecule has 3 aromatic heterocycles. The van der Waals surface area contributed by atoms with E-state index in [4.69, 9.17) is 4.74 Å². The van der Waals surface area contributed by atoms with Crippen molar-refractivity contribution in [1.82, 2.24) is 19.5 Å². The number of hydrogen-bond donors (Lipinski definition) is 0. The summed E-state index contributed by atoms with van der Waals surface area (Å²) in [5.74, 6) is 1.71. The van der Waals surface area contributed by atoms with Gasteiger partial charge in [-0.2, -0.15) is 0 Å². The molecule has 0 spiro atoms. The Morgan fingerprint density at radius 2 is 2.09 bits per heavy atom. The quantitative estimate of drug-likeness (QED) is 0.700. The van der Waals surface area contributed by atoms with Gasteiger partial charge in [0.1, 0.15) is 17.8 Å². The summed E-state index contributed by atoms with van der Waals surface area (Å²) in [5, 5.41) is 2.06. The van der Waals surface area contributed by atoms with E-state index in [1.807, 2.05) is 31.6 Å². The van der Waals surface area contributed by atoms with Gasteiger partial charge in [-0.15, -0.1) is 11.3 Å². The van der Waals surface area contributed by atoms with E-state index < -0.39 is 0 Å². The predicted molar refractivity (Wildman–Crippen MR) is 86.7 cm³/mol. The zero-order chi connectivity index (χ0) is 15.4. The van der Waals surface area contributed by atoms with Gasteiger partial charge < -0.3 is 9.30 Å². The smallest absolute Gasteiger partial charge is 0.143 e. The molecule has 0 amide bonds. The van der Waals surface area contributed by atoms with Gasteiger partial charge in [0, 0.05) is 43.2 Å². The molecule has 22 heavy (non-hydrogen) atoms. The molecule has 0 aliphatic rings. The average Bonchev–Trinajstić information content (AvgIpc) is 3.24. The van der Waals surface area contributed by atoms with Crippen LogP contribution in [0.2, 0.25) is 0 Å². The zero-order valence-corrected chi connectivity index (χ0v) is 13.5. The number of nitrogens with zero attached hydrogens (tertiary/aromatic N) is 4. The van der Waals surface area contributed by atoms with Crippen molar-refractivity contribution in [3.63, 3.8) is 0 Å². The maximum absolute atomic E-state index is 5.63. The van der Waals surface area contributed by atoms with Gasteiger partial charge in [0.25, 0.3) is 0 Å².